The lowest BCUT2D eigenvalue weighted by Gasteiger charge is -2.07. The summed E-state index contributed by atoms with van der Waals surface area (Å²) in [5.74, 6) is -0.940. The third kappa shape index (κ3) is 2.05. The molecular formula is C10H8F3N. The maximum atomic E-state index is 13.1. The van der Waals surface area contributed by atoms with Crippen LogP contribution in [0, 0.1) is 24.1 Å². The number of nitrogens with zero attached hydrogens (tertiary/aromatic N) is 1. The molecule has 0 aliphatic carbocycles. The lowest BCUT2D eigenvalue weighted by atomic mass is 10.0. The summed E-state index contributed by atoms with van der Waals surface area (Å²) in [5.41, 5.74) is 0.0313. The highest BCUT2D eigenvalue weighted by Crippen LogP contribution is 2.26. The Morgan fingerprint density at radius 2 is 2.07 bits per heavy atom. The van der Waals surface area contributed by atoms with Crippen LogP contribution in [0.15, 0.2) is 12.1 Å². The van der Waals surface area contributed by atoms with Crippen molar-refractivity contribution in [3.05, 3.63) is 34.6 Å². The molecule has 1 rings (SSSR count). The summed E-state index contributed by atoms with van der Waals surface area (Å²) in [4.78, 5) is 0. The molecule has 0 unspecified atom stereocenters. The van der Waals surface area contributed by atoms with Gasteiger partial charge in [0.05, 0.1) is 18.1 Å². The molecule has 0 bridgehead atoms. The minimum atomic E-state index is -2.81. The van der Waals surface area contributed by atoms with Crippen LogP contribution in [0.2, 0.25) is 0 Å². The molecule has 4 heteroatoms. The first kappa shape index (κ1) is 10.6. The molecule has 0 amide bonds. The third-order valence-electron chi connectivity index (χ3n) is 1.90. The second-order valence-corrected chi connectivity index (χ2v) is 2.94. The number of alkyl halides is 2. The molecule has 0 N–H and O–H groups in total. The fourth-order valence-electron chi connectivity index (χ4n) is 1.30. The number of aryl methyl sites for hydroxylation is 1. The van der Waals surface area contributed by atoms with E-state index in [-0.39, 0.29) is 12.0 Å². The van der Waals surface area contributed by atoms with E-state index in [1.54, 1.807) is 0 Å². The van der Waals surface area contributed by atoms with Gasteiger partial charge in [-0.1, -0.05) is 6.07 Å². The number of nitriles is 1. The molecule has 74 valence electrons. The Labute approximate surface area is 79.8 Å². The van der Waals surface area contributed by atoms with Crippen LogP contribution in [-0.4, -0.2) is 0 Å². The van der Waals surface area contributed by atoms with Gasteiger partial charge in [0, 0.05) is 0 Å². The van der Waals surface area contributed by atoms with Crippen LogP contribution in [0.1, 0.15) is 23.1 Å². The van der Waals surface area contributed by atoms with Gasteiger partial charge in [0.15, 0.2) is 0 Å². The van der Waals surface area contributed by atoms with E-state index in [0.29, 0.717) is 5.56 Å². The van der Waals surface area contributed by atoms with Crippen LogP contribution in [0.25, 0.3) is 0 Å². The van der Waals surface area contributed by atoms with Gasteiger partial charge in [-0.05, 0) is 24.1 Å². The molecular weight excluding hydrogens is 191 g/mol. The first-order valence-electron chi connectivity index (χ1n) is 4.00. The average Bonchev–Trinajstić information content (AvgIpc) is 2.01. The van der Waals surface area contributed by atoms with Crippen molar-refractivity contribution in [3.8, 4) is 6.07 Å². The number of benzene rings is 1. The molecule has 1 nitrogen and oxygen atoms in total. The van der Waals surface area contributed by atoms with Crippen molar-refractivity contribution < 1.29 is 13.2 Å². The van der Waals surface area contributed by atoms with E-state index >= 15 is 0 Å². The lowest BCUT2D eigenvalue weighted by Crippen LogP contribution is -1.97. The largest absolute Gasteiger partial charge is 0.266 e. The Kier molecular flexibility index (Phi) is 3.13. The van der Waals surface area contributed by atoms with Gasteiger partial charge in [-0.3, -0.25) is 0 Å². The normalized spacial score (nSPS) is 10.3. The fourth-order valence-corrected chi connectivity index (χ4v) is 1.30. The predicted molar refractivity (Wildman–Crippen MR) is 45.4 cm³/mol. The van der Waals surface area contributed by atoms with Gasteiger partial charge in [-0.25, -0.2) is 13.2 Å². The predicted octanol–water partition coefficient (Wildman–Crippen LogP) is 3.14. The second kappa shape index (κ2) is 4.14. The Bertz CT molecular complexity index is 356. The topological polar surface area (TPSA) is 23.8 Å². The van der Waals surface area contributed by atoms with Crippen molar-refractivity contribution in [3.63, 3.8) is 0 Å². The highest BCUT2D eigenvalue weighted by molar-refractivity contribution is 5.34. The van der Waals surface area contributed by atoms with Crippen molar-refractivity contribution in [1.29, 1.82) is 5.26 Å². The van der Waals surface area contributed by atoms with E-state index in [1.165, 1.54) is 13.0 Å². The van der Waals surface area contributed by atoms with Gasteiger partial charge in [0.2, 0.25) is 0 Å². The number of rotatable bonds is 2. The molecule has 0 saturated carbocycles. The van der Waals surface area contributed by atoms with Crippen molar-refractivity contribution in [2.45, 2.75) is 19.8 Å². The number of halogens is 3. The Morgan fingerprint density at radius 1 is 1.43 bits per heavy atom. The molecule has 0 atom stereocenters. The first-order chi connectivity index (χ1) is 6.56. The minimum Gasteiger partial charge on any atom is -0.206 e. The van der Waals surface area contributed by atoms with Crippen molar-refractivity contribution in [2.75, 3.05) is 0 Å². The molecule has 0 radical (unpaired) electrons. The van der Waals surface area contributed by atoms with Crippen LogP contribution in [-0.2, 0) is 6.42 Å². The van der Waals surface area contributed by atoms with E-state index < -0.39 is 17.8 Å². The van der Waals surface area contributed by atoms with E-state index in [1.807, 2.05) is 6.07 Å². The zero-order valence-electron chi connectivity index (χ0n) is 7.52. The molecule has 0 aliphatic rings. The Morgan fingerprint density at radius 3 is 2.50 bits per heavy atom. The van der Waals surface area contributed by atoms with Crippen molar-refractivity contribution in [2.24, 2.45) is 0 Å². The van der Waals surface area contributed by atoms with Crippen LogP contribution >= 0.6 is 0 Å². The Balaban J connectivity index is 3.19. The monoisotopic (exact) mass is 199 g/mol. The standard InChI is InChI=1S/C10H8F3N/c1-6-4-7(2-3-14)5-8(11)9(6)10(12)13/h4-5,10H,2H2,1H3. The summed E-state index contributed by atoms with van der Waals surface area (Å²) in [6.45, 7) is 1.41. The third-order valence-corrected chi connectivity index (χ3v) is 1.90. The van der Waals surface area contributed by atoms with Crippen LogP contribution in [0.3, 0.4) is 0 Å². The summed E-state index contributed by atoms with van der Waals surface area (Å²) in [6, 6.07) is 4.23. The molecule has 1 aromatic rings. The molecule has 0 saturated heterocycles. The highest BCUT2D eigenvalue weighted by atomic mass is 19.3. The van der Waals surface area contributed by atoms with E-state index in [9.17, 15) is 13.2 Å². The van der Waals surface area contributed by atoms with Gasteiger partial charge < -0.3 is 0 Å². The maximum Gasteiger partial charge on any atom is 0.266 e. The molecule has 0 fully saturated rings. The van der Waals surface area contributed by atoms with Crippen molar-refractivity contribution >= 4 is 0 Å². The summed E-state index contributed by atoms with van der Waals surface area (Å²) in [5, 5.41) is 8.36. The van der Waals surface area contributed by atoms with Gasteiger partial charge >= 0.3 is 0 Å². The summed E-state index contributed by atoms with van der Waals surface area (Å²) in [7, 11) is 0. The summed E-state index contributed by atoms with van der Waals surface area (Å²) in [6.07, 6.45) is -2.78. The highest BCUT2D eigenvalue weighted by Gasteiger charge is 2.16. The average molecular weight is 199 g/mol. The fraction of sp³-hybridized carbons (Fsp3) is 0.300. The maximum absolute atomic E-state index is 13.1. The van der Waals surface area contributed by atoms with E-state index in [4.69, 9.17) is 5.26 Å². The first-order valence-corrected chi connectivity index (χ1v) is 4.00. The van der Waals surface area contributed by atoms with Gasteiger partial charge in [-0.15, -0.1) is 0 Å². The lowest BCUT2D eigenvalue weighted by molar-refractivity contribution is 0.145. The van der Waals surface area contributed by atoms with Crippen LogP contribution in [0.4, 0.5) is 13.2 Å². The Hall–Kier alpha value is -1.50. The van der Waals surface area contributed by atoms with Crippen LogP contribution < -0.4 is 0 Å². The number of hydrogen-bond acceptors (Lipinski definition) is 1. The minimum absolute atomic E-state index is 0.0290. The number of hydrogen-bond donors (Lipinski definition) is 0. The zero-order valence-corrected chi connectivity index (χ0v) is 7.52. The molecule has 1 aromatic carbocycles. The summed E-state index contributed by atoms with van der Waals surface area (Å²) < 4.78 is 37.7. The zero-order chi connectivity index (χ0) is 10.7. The van der Waals surface area contributed by atoms with Gasteiger partial charge in [0.25, 0.3) is 6.43 Å². The van der Waals surface area contributed by atoms with Gasteiger partial charge in [0.1, 0.15) is 5.82 Å². The van der Waals surface area contributed by atoms with Gasteiger partial charge in [-0.2, -0.15) is 5.26 Å². The SMILES string of the molecule is Cc1cc(CC#N)cc(F)c1C(F)F. The molecule has 0 spiro atoms. The molecule has 14 heavy (non-hydrogen) atoms. The van der Waals surface area contributed by atoms with Crippen molar-refractivity contribution in [1.82, 2.24) is 0 Å². The molecule has 0 aliphatic heterocycles. The van der Waals surface area contributed by atoms with E-state index in [0.717, 1.165) is 6.07 Å². The summed E-state index contributed by atoms with van der Waals surface area (Å²) >= 11 is 0. The van der Waals surface area contributed by atoms with Crippen LogP contribution in [0.5, 0.6) is 0 Å². The van der Waals surface area contributed by atoms with E-state index in [2.05, 4.69) is 0 Å². The quantitative estimate of drug-likeness (QED) is 0.717. The second-order valence-electron chi connectivity index (χ2n) is 2.94. The smallest absolute Gasteiger partial charge is 0.206 e. The molecule has 0 heterocycles. The molecule has 0 aromatic heterocycles.